The number of carbonyl (C=O) groups is 1. The van der Waals surface area contributed by atoms with E-state index in [4.69, 9.17) is 11.6 Å². The summed E-state index contributed by atoms with van der Waals surface area (Å²) in [6.07, 6.45) is 6.33. The van der Waals surface area contributed by atoms with Gasteiger partial charge in [-0.2, -0.15) is 0 Å². The summed E-state index contributed by atoms with van der Waals surface area (Å²) in [6.45, 7) is 3.07. The van der Waals surface area contributed by atoms with Gasteiger partial charge in [0.15, 0.2) is 0 Å². The van der Waals surface area contributed by atoms with E-state index in [9.17, 15) is 4.79 Å². The minimum atomic E-state index is -0.125. The standard InChI is InChI=1S/C13H18ClN3O/c1-2-9-3-6-16-11(7-9)13(18)17-12-8-15-5-4-10(12)14/h4-5,8-9,11,16H,2-3,6-7H2,1H3,(H,17,18). The van der Waals surface area contributed by atoms with Gasteiger partial charge in [0.2, 0.25) is 5.91 Å². The summed E-state index contributed by atoms with van der Waals surface area (Å²) in [5.74, 6) is 0.606. The average Bonchev–Trinajstić information content (AvgIpc) is 2.41. The lowest BCUT2D eigenvalue weighted by molar-refractivity contribution is -0.119. The molecule has 1 saturated heterocycles. The first-order chi connectivity index (χ1) is 8.70. The van der Waals surface area contributed by atoms with Crippen molar-refractivity contribution in [3.63, 3.8) is 0 Å². The summed E-state index contributed by atoms with van der Waals surface area (Å²) in [7, 11) is 0. The topological polar surface area (TPSA) is 54.0 Å². The third-order valence-electron chi connectivity index (χ3n) is 3.43. The molecule has 2 N–H and O–H groups in total. The number of amides is 1. The highest BCUT2D eigenvalue weighted by Gasteiger charge is 2.26. The van der Waals surface area contributed by atoms with Gasteiger partial charge in [-0.3, -0.25) is 9.78 Å². The number of nitrogens with one attached hydrogen (secondary N) is 2. The fraction of sp³-hybridized carbons (Fsp3) is 0.538. The van der Waals surface area contributed by atoms with Gasteiger partial charge in [0, 0.05) is 6.20 Å². The van der Waals surface area contributed by atoms with Crippen molar-refractivity contribution in [2.75, 3.05) is 11.9 Å². The summed E-state index contributed by atoms with van der Waals surface area (Å²) in [5, 5.41) is 6.59. The molecule has 1 aromatic heterocycles. The quantitative estimate of drug-likeness (QED) is 0.885. The molecule has 18 heavy (non-hydrogen) atoms. The Hall–Kier alpha value is -1.13. The van der Waals surface area contributed by atoms with Crippen molar-refractivity contribution in [2.24, 2.45) is 5.92 Å². The number of carbonyl (C=O) groups excluding carboxylic acids is 1. The van der Waals surface area contributed by atoms with Crippen molar-refractivity contribution in [1.82, 2.24) is 10.3 Å². The van der Waals surface area contributed by atoms with Crippen LogP contribution in [0.3, 0.4) is 0 Å². The molecule has 2 heterocycles. The number of hydrogen-bond acceptors (Lipinski definition) is 3. The van der Waals surface area contributed by atoms with E-state index in [1.807, 2.05) is 0 Å². The summed E-state index contributed by atoms with van der Waals surface area (Å²) in [5.41, 5.74) is 0.574. The van der Waals surface area contributed by atoms with Crippen LogP contribution in [0.1, 0.15) is 26.2 Å². The Bertz CT molecular complexity index is 424. The minimum absolute atomic E-state index is 0.0250. The van der Waals surface area contributed by atoms with Crippen molar-refractivity contribution in [3.05, 3.63) is 23.5 Å². The van der Waals surface area contributed by atoms with Crippen LogP contribution in [0.15, 0.2) is 18.5 Å². The third kappa shape index (κ3) is 3.21. The maximum atomic E-state index is 12.1. The van der Waals surface area contributed by atoms with Gasteiger partial charge in [0.1, 0.15) is 0 Å². The molecule has 0 bridgehead atoms. The van der Waals surface area contributed by atoms with Crippen molar-refractivity contribution >= 4 is 23.2 Å². The molecule has 1 fully saturated rings. The van der Waals surface area contributed by atoms with E-state index in [1.54, 1.807) is 18.5 Å². The number of aromatic nitrogens is 1. The number of nitrogens with zero attached hydrogens (tertiary/aromatic N) is 1. The highest BCUT2D eigenvalue weighted by Crippen LogP contribution is 2.22. The van der Waals surface area contributed by atoms with E-state index in [1.165, 1.54) is 0 Å². The molecule has 0 radical (unpaired) electrons. The molecule has 1 aliphatic rings. The lowest BCUT2D eigenvalue weighted by atomic mass is 9.90. The maximum Gasteiger partial charge on any atom is 0.241 e. The number of pyridine rings is 1. The Balaban J connectivity index is 1.97. The molecule has 0 spiro atoms. The van der Waals surface area contributed by atoms with Crippen molar-refractivity contribution in [1.29, 1.82) is 0 Å². The Kier molecular flexibility index (Phi) is 4.55. The molecule has 0 aromatic carbocycles. The van der Waals surface area contributed by atoms with Gasteiger partial charge in [-0.15, -0.1) is 0 Å². The molecule has 1 aromatic rings. The van der Waals surface area contributed by atoms with E-state index < -0.39 is 0 Å². The number of halogens is 1. The predicted molar refractivity (Wildman–Crippen MR) is 72.7 cm³/mol. The maximum absolute atomic E-state index is 12.1. The highest BCUT2D eigenvalue weighted by molar-refractivity contribution is 6.33. The van der Waals surface area contributed by atoms with Crippen LogP contribution in [-0.2, 0) is 4.79 Å². The number of hydrogen-bond donors (Lipinski definition) is 2. The van der Waals surface area contributed by atoms with Gasteiger partial charge in [0.05, 0.1) is 22.9 Å². The van der Waals surface area contributed by atoms with Gasteiger partial charge in [-0.1, -0.05) is 24.9 Å². The number of anilines is 1. The summed E-state index contributed by atoms with van der Waals surface area (Å²) in [6, 6.07) is 1.54. The Morgan fingerprint density at radius 1 is 1.67 bits per heavy atom. The molecule has 0 aliphatic carbocycles. The molecule has 1 aliphatic heterocycles. The van der Waals surface area contributed by atoms with Crippen LogP contribution < -0.4 is 10.6 Å². The lowest BCUT2D eigenvalue weighted by Gasteiger charge is -2.28. The largest absolute Gasteiger partial charge is 0.322 e. The third-order valence-corrected chi connectivity index (χ3v) is 3.76. The molecule has 4 nitrogen and oxygen atoms in total. The molecule has 2 atom stereocenters. The van der Waals surface area contributed by atoms with Crippen molar-refractivity contribution < 1.29 is 4.79 Å². The first-order valence-corrected chi connectivity index (χ1v) is 6.72. The van der Waals surface area contributed by atoms with Crippen LogP contribution in [0.5, 0.6) is 0 Å². The van der Waals surface area contributed by atoms with Crippen LogP contribution >= 0.6 is 11.6 Å². The average molecular weight is 268 g/mol. The molecule has 1 amide bonds. The zero-order chi connectivity index (χ0) is 13.0. The van der Waals surface area contributed by atoms with E-state index in [-0.39, 0.29) is 11.9 Å². The van der Waals surface area contributed by atoms with E-state index in [0.29, 0.717) is 16.6 Å². The van der Waals surface area contributed by atoms with E-state index in [0.717, 1.165) is 25.8 Å². The first-order valence-electron chi connectivity index (χ1n) is 6.34. The highest BCUT2D eigenvalue weighted by atomic mass is 35.5. The molecule has 5 heteroatoms. The molecular weight excluding hydrogens is 250 g/mol. The fourth-order valence-corrected chi connectivity index (χ4v) is 2.41. The van der Waals surface area contributed by atoms with Gasteiger partial charge in [0.25, 0.3) is 0 Å². The number of rotatable bonds is 3. The van der Waals surface area contributed by atoms with Crippen LogP contribution in [0.2, 0.25) is 5.02 Å². The second kappa shape index (κ2) is 6.16. The molecule has 2 unspecified atom stereocenters. The summed E-state index contributed by atoms with van der Waals surface area (Å²) in [4.78, 5) is 16.1. The van der Waals surface area contributed by atoms with Gasteiger partial charge in [-0.25, -0.2) is 0 Å². The zero-order valence-corrected chi connectivity index (χ0v) is 11.2. The van der Waals surface area contributed by atoms with Crippen LogP contribution in [0.25, 0.3) is 0 Å². The zero-order valence-electron chi connectivity index (χ0n) is 10.4. The van der Waals surface area contributed by atoms with E-state index in [2.05, 4.69) is 22.5 Å². The minimum Gasteiger partial charge on any atom is -0.322 e. The second-order valence-corrected chi connectivity index (χ2v) is 5.06. The second-order valence-electron chi connectivity index (χ2n) is 4.65. The normalized spacial score (nSPS) is 23.7. The van der Waals surface area contributed by atoms with Crippen LogP contribution in [-0.4, -0.2) is 23.5 Å². The van der Waals surface area contributed by atoms with E-state index >= 15 is 0 Å². The van der Waals surface area contributed by atoms with Crippen LogP contribution in [0, 0.1) is 5.92 Å². The molecular formula is C13H18ClN3O. The Labute approximate surface area is 112 Å². The summed E-state index contributed by atoms with van der Waals surface area (Å²) >= 11 is 5.99. The smallest absolute Gasteiger partial charge is 0.241 e. The molecule has 2 rings (SSSR count). The van der Waals surface area contributed by atoms with Crippen molar-refractivity contribution in [3.8, 4) is 0 Å². The first kappa shape index (κ1) is 13.3. The van der Waals surface area contributed by atoms with Gasteiger partial charge in [-0.05, 0) is 31.4 Å². The lowest BCUT2D eigenvalue weighted by Crippen LogP contribution is -2.46. The Morgan fingerprint density at radius 3 is 3.22 bits per heavy atom. The van der Waals surface area contributed by atoms with Gasteiger partial charge >= 0.3 is 0 Å². The SMILES string of the molecule is CCC1CCNC(C(=O)Nc2cnccc2Cl)C1. The Morgan fingerprint density at radius 2 is 2.50 bits per heavy atom. The van der Waals surface area contributed by atoms with Crippen LogP contribution in [0.4, 0.5) is 5.69 Å². The van der Waals surface area contributed by atoms with Crippen molar-refractivity contribution in [2.45, 2.75) is 32.2 Å². The summed E-state index contributed by atoms with van der Waals surface area (Å²) < 4.78 is 0. The predicted octanol–water partition coefficient (Wildman–Crippen LogP) is 2.45. The van der Waals surface area contributed by atoms with Gasteiger partial charge < -0.3 is 10.6 Å². The monoisotopic (exact) mass is 267 g/mol. The number of piperidine rings is 1. The molecule has 98 valence electrons. The molecule has 0 saturated carbocycles. The fourth-order valence-electron chi connectivity index (χ4n) is 2.26.